The fraction of sp³-hybridized carbons (Fsp3) is 0.588. The smallest absolute Gasteiger partial charge is 0.249 e. The van der Waals surface area contributed by atoms with E-state index < -0.39 is 0 Å². The lowest BCUT2D eigenvalue weighted by atomic mass is 10.1. The van der Waals surface area contributed by atoms with Crippen LogP contribution >= 0.6 is 0 Å². The topological polar surface area (TPSA) is 73.6 Å². The van der Waals surface area contributed by atoms with Gasteiger partial charge in [0.25, 0.3) is 0 Å². The Morgan fingerprint density at radius 3 is 2.95 bits per heavy atom. The predicted octanol–water partition coefficient (Wildman–Crippen LogP) is 1.91. The summed E-state index contributed by atoms with van der Waals surface area (Å²) < 4.78 is 11.4. The number of carbonyl (C=O) groups is 1. The molecule has 22 heavy (non-hydrogen) atoms. The highest BCUT2D eigenvalue weighted by atomic mass is 16.5. The summed E-state index contributed by atoms with van der Waals surface area (Å²) in [5.74, 6) is 0.771. The van der Waals surface area contributed by atoms with Crippen LogP contribution in [0.2, 0.25) is 0 Å². The Labute approximate surface area is 132 Å². The maximum absolute atomic E-state index is 12.2. The van der Waals surface area contributed by atoms with Gasteiger partial charge in [-0.2, -0.15) is 0 Å². The van der Waals surface area contributed by atoms with Crippen LogP contribution in [0.5, 0.6) is 5.75 Å². The molecule has 0 aliphatic carbocycles. The van der Waals surface area contributed by atoms with Crippen LogP contribution in [-0.2, 0) is 16.1 Å². The highest BCUT2D eigenvalue weighted by molar-refractivity contribution is 5.81. The minimum absolute atomic E-state index is 0.0126. The monoisotopic (exact) mass is 306 g/mol. The Morgan fingerprint density at radius 1 is 1.45 bits per heavy atom. The second-order valence-electron chi connectivity index (χ2n) is 5.74. The average Bonchev–Trinajstić information content (AvgIpc) is 3.00. The molecule has 122 valence electrons. The molecule has 1 aliphatic heterocycles. The van der Waals surface area contributed by atoms with E-state index in [2.05, 4.69) is 12.2 Å². The molecule has 1 aromatic rings. The lowest BCUT2D eigenvalue weighted by Gasteiger charge is -2.15. The Balaban J connectivity index is 1.92. The van der Waals surface area contributed by atoms with Crippen LogP contribution in [0.15, 0.2) is 18.2 Å². The first-order valence-corrected chi connectivity index (χ1v) is 7.99. The van der Waals surface area contributed by atoms with E-state index in [1.54, 1.807) is 0 Å². The van der Waals surface area contributed by atoms with Gasteiger partial charge in [0.2, 0.25) is 5.91 Å². The van der Waals surface area contributed by atoms with Crippen LogP contribution < -0.4 is 15.8 Å². The standard InChI is InChI=1S/C17H26N2O3/c1-3-8-21-16-9-12(2)4-5-13(16)11-19-17(20)15-7-6-14(10-18)22-15/h4-5,9,14-15H,3,6-8,10-11,18H2,1-2H3,(H,19,20)/t14-,15+/m1/s1. The lowest BCUT2D eigenvalue weighted by molar-refractivity contribution is -0.132. The second kappa shape index (κ2) is 8.15. The van der Waals surface area contributed by atoms with E-state index in [1.165, 1.54) is 0 Å². The normalized spacial score (nSPS) is 20.9. The summed E-state index contributed by atoms with van der Waals surface area (Å²) in [5.41, 5.74) is 7.70. The van der Waals surface area contributed by atoms with E-state index in [9.17, 15) is 4.79 Å². The van der Waals surface area contributed by atoms with E-state index in [1.807, 2.05) is 25.1 Å². The number of nitrogens with one attached hydrogen (secondary N) is 1. The molecule has 2 atom stereocenters. The molecular formula is C17H26N2O3. The Bertz CT molecular complexity index is 505. The summed E-state index contributed by atoms with van der Waals surface area (Å²) in [6.07, 6.45) is 2.18. The molecule has 1 fully saturated rings. The molecule has 0 saturated carbocycles. The quantitative estimate of drug-likeness (QED) is 0.807. The molecule has 1 saturated heterocycles. The number of nitrogens with two attached hydrogens (primary N) is 1. The van der Waals surface area contributed by atoms with Gasteiger partial charge in [0.1, 0.15) is 11.9 Å². The molecule has 0 radical (unpaired) electrons. The van der Waals surface area contributed by atoms with Gasteiger partial charge in [0, 0.05) is 18.7 Å². The fourth-order valence-electron chi connectivity index (χ4n) is 2.52. The summed E-state index contributed by atoms with van der Waals surface area (Å²) in [6, 6.07) is 6.03. The van der Waals surface area contributed by atoms with Gasteiger partial charge >= 0.3 is 0 Å². The lowest BCUT2D eigenvalue weighted by Crippen LogP contribution is -2.35. The van der Waals surface area contributed by atoms with Crippen LogP contribution in [0, 0.1) is 6.92 Å². The molecule has 0 unspecified atom stereocenters. The maximum Gasteiger partial charge on any atom is 0.249 e. The van der Waals surface area contributed by atoms with E-state index in [0.717, 1.165) is 36.1 Å². The first-order chi connectivity index (χ1) is 10.6. The van der Waals surface area contributed by atoms with Gasteiger partial charge in [-0.1, -0.05) is 19.1 Å². The van der Waals surface area contributed by atoms with Crippen molar-refractivity contribution in [3.05, 3.63) is 29.3 Å². The van der Waals surface area contributed by atoms with Crippen LogP contribution in [0.3, 0.4) is 0 Å². The molecule has 5 nitrogen and oxygen atoms in total. The summed E-state index contributed by atoms with van der Waals surface area (Å²) in [7, 11) is 0. The van der Waals surface area contributed by atoms with E-state index in [4.69, 9.17) is 15.2 Å². The zero-order valence-electron chi connectivity index (χ0n) is 13.4. The Hall–Kier alpha value is -1.59. The van der Waals surface area contributed by atoms with Gasteiger partial charge in [0.15, 0.2) is 0 Å². The number of hydrogen-bond acceptors (Lipinski definition) is 4. The second-order valence-corrected chi connectivity index (χ2v) is 5.74. The third-order valence-electron chi connectivity index (χ3n) is 3.80. The van der Waals surface area contributed by atoms with Crippen molar-refractivity contribution in [3.8, 4) is 5.75 Å². The van der Waals surface area contributed by atoms with Crippen molar-refractivity contribution in [3.63, 3.8) is 0 Å². The molecule has 1 amide bonds. The minimum atomic E-state index is -0.376. The number of ether oxygens (including phenoxy) is 2. The largest absolute Gasteiger partial charge is 0.493 e. The number of aryl methyl sites for hydroxylation is 1. The number of hydrogen-bond donors (Lipinski definition) is 2. The number of carbonyl (C=O) groups excluding carboxylic acids is 1. The van der Waals surface area contributed by atoms with Gasteiger partial charge in [-0.05, 0) is 37.8 Å². The van der Waals surface area contributed by atoms with Crippen LogP contribution in [0.4, 0.5) is 0 Å². The average molecular weight is 306 g/mol. The van der Waals surface area contributed by atoms with Crippen LogP contribution in [-0.4, -0.2) is 31.3 Å². The van der Waals surface area contributed by atoms with Crippen LogP contribution in [0.1, 0.15) is 37.3 Å². The maximum atomic E-state index is 12.2. The SMILES string of the molecule is CCCOc1cc(C)ccc1CNC(=O)[C@@H]1CC[C@H](CN)O1. The molecule has 1 heterocycles. The molecular weight excluding hydrogens is 280 g/mol. The zero-order valence-corrected chi connectivity index (χ0v) is 13.4. The molecule has 1 aromatic carbocycles. The predicted molar refractivity (Wildman–Crippen MR) is 85.8 cm³/mol. The van der Waals surface area contributed by atoms with E-state index in [-0.39, 0.29) is 18.1 Å². The summed E-state index contributed by atoms with van der Waals surface area (Å²) in [5, 5.41) is 2.94. The number of benzene rings is 1. The van der Waals surface area contributed by atoms with Gasteiger partial charge in [0.05, 0.1) is 12.7 Å². The first kappa shape index (κ1) is 16.8. The van der Waals surface area contributed by atoms with E-state index >= 15 is 0 Å². The molecule has 5 heteroatoms. The molecule has 0 aromatic heterocycles. The zero-order chi connectivity index (χ0) is 15.9. The van der Waals surface area contributed by atoms with Crippen molar-refractivity contribution in [2.24, 2.45) is 5.73 Å². The third-order valence-corrected chi connectivity index (χ3v) is 3.80. The fourth-order valence-corrected chi connectivity index (χ4v) is 2.52. The van der Waals surface area contributed by atoms with Crippen molar-refractivity contribution >= 4 is 5.91 Å². The van der Waals surface area contributed by atoms with Crippen molar-refractivity contribution in [1.82, 2.24) is 5.32 Å². The number of rotatable bonds is 7. The minimum Gasteiger partial charge on any atom is -0.493 e. The van der Waals surface area contributed by atoms with Crippen LogP contribution in [0.25, 0.3) is 0 Å². The molecule has 1 aliphatic rings. The first-order valence-electron chi connectivity index (χ1n) is 7.99. The summed E-state index contributed by atoms with van der Waals surface area (Å²) in [6.45, 7) is 5.69. The third kappa shape index (κ3) is 4.45. The molecule has 3 N–H and O–H groups in total. The van der Waals surface area contributed by atoms with Gasteiger partial charge < -0.3 is 20.5 Å². The summed E-state index contributed by atoms with van der Waals surface area (Å²) in [4.78, 5) is 12.2. The molecule has 0 spiro atoms. The molecule has 2 rings (SSSR count). The van der Waals surface area contributed by atoms with Gasteiger partial charge in [-0.15, -0.1) is 0 Å². The van der Waals surface area contributed by atoms with E-state index in [0.29, 0.717) is 19.7 Å². The highest BCUT2D eigenvalue weighted by Gasteiger charge is 2.29. The number of amides is 1. The Kier molecular flexibility index (Phi) is 6.21. The molecule has 0 bridgehead atoms. The van der Waals surface area contributed by atoms with Crippen molar-refractivity contribution < 1.29 is 14.3 Å². The highest BCUT2D eigenvalue weighted by Crippen LogP contribution is 2.22. The summed E-state index contributed by atoms with van der Waals surface area (Å²) >= 11 is 0. The van der Waals surface area contributed by atoms with Gasteiger partial charge in [-0.3, -0.25) is 4.79 Å². The van der Waals surface area contributed by atoms with Crippen molar-refractivity contribution in [2.45, 2.75) is 51.9 Å². The van der Waals surface area contributed by atoms with Crippen molar-refractivity contribution in [2.75, 3.05) is 13.2 Å². The van der Waals surface area contributed by atoms with Crippen molar-refractivity contribution in [1.29, 1.82) is 0 Å². The van der Waals surface area contributed by atoms with Gasteiger partial charge in [-0.25, -0.2) is 0 Å². The Morgan fingerprint density at radius 2 is 2.27 bits per heavy atom.